The number of rotatable bonds is 7. The van der Waals surface area contributed by atoms with Gasteiger partial charge in [-0.15, -0.1) is 0 Å². The number of benzene rings is 1. The Labute approximate surface area is 143 Å². The van der Waals surface area contributed by atoms with Crippen LogP contribution in [0.1, 0.15) is 43.1 Å². The first-order valence-corrected chi connectivity index (χ1v) is 8.81. The Hall–Kier alpha value is -2.23. The van der Waals surface area contributed by atoms with Crippen LogP contribution in [0.15, 0.2) is 41.0 Å². The average molecular weight is 327 g/mol. The van der Waals surface area contributed by atoms with Crippen molar-refractivity contribution in [1.29, 1.82) is 0 Å². The van der Waals surface area contributed by atoms with Crippen LogP contribution in [0.2, 0.25) is 0 Å². The summed E-state index contributed by atoms with van der Waals surface area (Å²) >= 11 is 0. The van der Waals surface area contributed by atoms with Crippen molar-refractivity contribution in [3.63, 3.8) is 0 Å². The molecule has 4 nitrogen and oxygen atoms in total. The van der Waals surface area contributed by atoms with Crippen LogP contribution in [-0.4, -0.2) is 18.6 Å². The Morgan fingerprint density at radius 2 is 2.12 bits per heavy atom. The minimum absolute atomic E-state index is 0.0668. The van der Waals surface area contributed by atoms with Crippen LogP contribution in [0.25, 0.3) is 0 Å². The predicted octanol–water partition coefficient (Wildman–Crippen LogP) is 3.67. The van der Waals surface area contributed by atoms with Crippen LogP contribution < -0.4 is 10.1 Å². The summed E-state index contributed by atoms with van der Waals surface area (Å²) in [5, 5.41) is 2.94. The fourth-order valence-corrected chi connectivity index (χ4v) is 3.17. The van der Waals surface area contributed by atoms with Crippen molar-refractivity contribution in [3.8, 4) is 5.75 Å². The summed E-state index contributed by atoms with van der Waals surface area (Å²) in [5.41, 5.74) is 2.64. The van der Waals surface area contributed by atoms with E-state index in [4.69, 9.17) is 9.15 Å². The molecule has 0 spiro atoms. The molecule has 0 radical (unpaired) electrons. The number of furan rings is 1. The average Bonchev–Trinajstić information content (AvgIpc) is 3.12. The van der Waals surface area contributed by atoms with Crippen molar-refractivity contribution in [2.45, 2.75) is 51.6 Å². The third-order valence-electron chi connectivity index (χ3n) is 4.51. The lowest BCUT2D eigenvalue weighted by Crippen LogP contribution is -2.37. The molecule has 0 aliphatic heterocycles. The van der Waals surface area contributed by atoms with E-state index in [1.165, 1.54) is 24.0 Å². The smallest absolute Gasteiger partial charge is 0.260 e. The fourth-order valence-electron chi connectivity index (χ4n) is 3.17. The van der Waals surface area contributed by atoms with E-state index in [1.54, 1.807) is 6.26 Å². The van der Waals surface area contributed by atoms with Crippen LogP contribution in [0.5, 0.6) is 5.75 Å². The first kappa shape index (κ1) is 16.6. The van der Waals surface area contributed by atoms with Gasteiger partial charge < -0.3 is 14.5 Å². The zero-order valence-electron chi connectivity index (χ0n) is 14.2. The number of nitrogens with one attached hydrogen (secondary N) is 1. The molecule has 1 heterocycles. The second-order valence-electron chi connectivity index (χ2n) is 6.33. The SMILES string of the molecule is C[C@@H](Oc1cccc2c1CCCC2)C(=O)NCCCc1ccco1. The van der Waals surface area contributed by atoms with E-state index in [2.05, 4.69) is 11.4 Å². The van der Waals surface area contributed by atoms with Crippen molar-refractivity contribution in [2.24, 2.45) is 0 Å². The van der Waals surface area contributed by atoms with Gasteiger partial charge in [-0.3, -0.25) is 4.79 Å². The van der Waals surface area contributed by atoms with Gasteiger partial charge in [0, 0.05) is 13.0 Å². The van der Waals surface area contributed by atoms with E-state index in [9.17, 15) is 4.79 Å². The van der Waals surface area contributed by atoms with Crippen LogP contribution in [0.3, 0.4) is 0 Å². The number of aryl methyl sites for hydroxylation is 2. The van der Waals surface area contributed by atoms with Crippen LogP contribution >= 0.6 is 0 Å². The molecular weight excluding hydrogens is 302 g/mol. The normalized spacial score (nSPS) is 14.7. The van der Waals surface area contributed by atoms with Crippen LogP contribution in [0.4, 0.5) is 0 Å². The van der Waals surface area contributed by atoms with Gasteiger partial charge in [0.15, 0.2) is 6.10 Å². The number of fused-ring (bicyclic) bond motifs is 1. The molecule has 1 amide bonds. The maximum atomic E-state index is 12.2. The molecule has 1 atom stereocenters. The van der Waals surface area contributed by atoms with E-state index in [0.29, 0.717) is 6.54 Å². The molecule has 0 bridgehead atoms. The Kier molecular flexibility index (Phi) is 5.57. The standard InChI is InChI=1S/C20H25NO3/c1-15(20(22)21-13-5-9-17-10-6-14-23-17)24-19-12-4-8-16-7-2-3-11-18(16)19/h4,6,8,10,12,14-15H,2-3,5,7,9,11,13H2,1H3,(H,21,22)/t15-/m1/s1. The summed E-state index contributed by atoms with van der Waals surface area (Å²) in [6, 6.07) is 10.00. The molecular formula is C20H25NO3. The molecule has 1 N–H and O–H groups in total. The minimum atomic E-state index is -0.484. The summed E-state index contributed by atoms with van der Waals surface area (Å²) in [6.45, 7) is 2.43. The maximum Gasteiger partial charge on any atom is 0.260 e. The van der Waals surface area contributed by atoms with Gasteiger partial charge in [-0.2, -0.15) is 0 Å². The molecule has 1 aliphatic carbocycles. The van der Waals surface area contributed by atoms with Crippen LogP contribution in [-0.2, 0) is 24.1 Å². The van der Waals surface area contributed by atoms with Gasteiger partial charge in [-0.25, -0.2) is 0 Å². The fraction of sp³-hybridized carbons (Fsp3) is 0.450. The highest BCUT2D eigenvalue weighted by molar-refractivity contribution is 5.80. The third-order valence-corrected chi connectivity index (χ3v) is 4.51. The molecule has 0 saturated carbocycles. The largest absolute Gasteiger partial charge is 0.481 e. The van der Waals surface area contributed by atoms with Gasteiger partial charge in [-0.1, -0.05) is 12.1 Å². The third kappa shape index (κ3) is 4.19. The Bertz CT molecular complexity index is 664. The van der Waals surface area contributed by atoms with Gasteiger partial charge >= 0.3 is 0 Å². The number of ether oxygens (including phenoxy) is 1. The number of amides is 1. The van der Waals surface area contributed by atoms with E-state index >= 15 is 0 Å². The zero-order chi connectivity index (χ0) is 16.8. The molecule has 0 unspecified atom stereocenters. The van der Waals surface area contributed by atoms with E-state index < -0.39 is 6.10 Å². The lowest BCUT2D eigenvalue weighted by atomic mass is 9.91. The molecule has 0 fully saturated rings. The molecule has 1 aliphatic rings. The van der Waals surface area contributed by atoms with Crippen molar-refractivity contribution >= 4 is 5.91 Å². The minimum Gasteiger partial charge on any atom is -0.481 e. The zero-order valence-corrected chi connectivity index (χ0v) is 14.2. The van der Waals surface area contributed by atoms with Gasteiger partial charge in [0.05, 0.1) is 6.26 Å². The van der Waals surface area contributed by atoms with Gasteiger partial charge in [-0.05, 0) is 68.4 Å². The summed E-state index contributed by atoms with van der Waals surface area (Å²) in [5.74, 6) is 1.75. The lowest BCUT2D eigenvalue weighted by molar-refractivity contribution is -0.127. The Balaban J connectivity index is 1.47. The van der Waals surface area contributed by atoms with Crippen molar-refractivity contribution in [2.75, 3.05) is 6.54 Å². The summed E-state index contributed by atoms with van der Waals surface area (Å²) in [4.78, 5) is 12.2. The van der Waals surface area contributed by atoms with Crippen molar-refractivity contribution in [3.05, 3.63) is 53.5 Å². The number of hydrogen-bond acceptors (Lipinski definition) is 3. The Morgan fingerprint density at radius 1 is 1.25 bits per heavy atom. The molecule has 24 heavy (non-hydrogen) atoms. The summed E-state index contributed by atoms with van der Waals surface area (Å²) in [7, 11) is 0. The summed E-state index contributed by atoms with van der Waals surface area (Å²) in [6.07, 6.45) is 7.46. The van der Waals surface area contributed by atoms with Crippen LogP contribution in [0, 0.1) is 0 Å². The highest BCUT2D eigenvalue weighted by Gasteiger charge is 2.19. The molecule has 2 aromatic rings. The highest BCUT2D eigenvalue weighted by atomic mass is 16.5. The number of carbonyl (C=O) groups is 1. The summed E-state index contributed by atoms with van der Waals surface area (Å²) < 4.78 is 11.2. The molecule has 1 aromatic carbocycles. The highest BCUT2D eigenvalue weighted by Crippen LogP contribution is 2.30. The molecule has 128 valence electrons. The van der Waals surface area contributed by atoms with E-state index in [-0.39, 0.29) is 5.91 Å². The van der Waals surface area contributed by atoms with E-state index in [1.807, 2.05) is 31.2 Å². The number of hydrogen-bond donors (Lipinski definition) is 1. The monoisotopic (exact) mass is 327 g/mol. The lowest BCUT2D eigenvalue weighted by Gasteiger charge is -2.22. The second-order valence-corrected chi connectivity index (χ2v) is 6.33. The maximum absolute atomic E-state index is 12.2. The van der Waals surface area contributed by atoms with E-state index in [0.717, 1.165) is 37.2 Å². The van der Waals surface area contributed by atoms with Gasteiger partial charge in [0.25, 0.3) is 5.91 Å². The molecule has 1 aromatic heterocycles. The molecule has 0 saturated heterocycles. The second kappa shape index (κ2) is 8.04. The number of carbonyl (C=O) groups excluding carboxylic acids is 1. The van der Waals surface area contributed by atoms with Gasteiger partial charge in [0.2, 0.25) is 0 Å². The quantitative estimate of drug-likeness (QED) is 0.789. The van der Waals surface area contributed by atoms with Gasteiger partial charge in [0.1, 0.15) is 11.5 Å². The first-order chi connectivity index (χ1) is 11.7. The first-order valence-electron chi connectivity index (χ1n) is 8.81. The van der Waals surface area contributed by atoms with Crippen molar-refractivity contribution < 1.29 is 13.9 Å². The topological polar surface area (TPSA) is 51.5 Å². The molecule has 3 rings (SSSR count). The molecule has 4 heteroatoms. The van der Waals surface area contributed by atoms with Crippen molar-refractivity contribution in [1.82, 2.24) is 5.32 Å². The Morgan fingerprint density at radius 3 is 2.96 bits per heavy atom. The predicted molar refractivity (Wildman–Crippen MR) is 93.2 cm³/mol.